The number of rotatable bonds is 5. The molecule has 1 aliphatic rings. The van der Waals surface area contributed by atoms with Crippen molar-refractivity contribution in [2.45, 2.75) is 40.5 Å². The van der Waals surface area contributed by atoms with Crippen molar-refractivity contribution in [2.24, 2.45) is 0 Å². The van der Waals surface area contributed by atoms with Crippen LogP contribution in [0.3, 0.4) is 0 Å². The van der Waals surface area contributed by atoms with Gasteiger partial charge in [0.25, 0.3) is 0 Å². The quantitative estimate of drug-likeness (QED) is 0.181. The molecule has 0 heterocycles. The summed E-state index contributed by atoms with van der Waals surface area (Å²) in [5.74, 6) is 0. The Morgan fingerprint density at radius 1 is 0.636 bits per heavy atom. The maximum Gasteiger partial charge on any atom is -0.00295 e. The molecule has 0 radical (unpaired) electrons. The average Bonchev–Trinajstić information content (AvgIpc) is 3.08. The van der Waals surface area contributed by atoms with Gasteiger partial charge in [0, 0.05) is 0 Å². The molecule has 0 amide bonds. The Hall–Kier alpha value is -4.94. The first-order valence-corrected chi connectivity index (χ1v) is 15.9. The Bertz CT molecular complexity index is 2050. The van der Waals surface area contributed by atoms with Crippen LogP contribution in [-0.2, 0) is 6.42 Å². The largest absolute Gasteiger partial charge is 0.0955 e. The van der Waals surface area contributed by atoms with E-state index in [1.54, 1.807) is 0 Å². The van der Waals surface area contributed by atoms with Crippen molar-refractivity contribution in [2.75, 3.05) is 0 Å². The van der Waals surface area contributed by atoms with Crippen molar-refractivity contribution in [3.63, 3.8) is 0 Å². The third-order valence-corrected chi connectivity index (χ3v) is 8.65. The summed E-state index contributed by atoms with van der Waals surface area (Å²) in [5, 5.41) is 5.15. The molecule has 216 valence electrons. The van der Waals surface area contributed by atoms with Crippen molar-refractivity contribution in [1.29, 1.82) is 0 Å². The molecular formula is C44H40. The van der Waals surface area contributed by atoms with Gasteiger partial charge in [0.2, 0.25) is 0 Å². The molecule has 0 saturated heterocycles. The van der Waals surface area contributed by atoms with Gasteiger partial charge >= 0.3 is 0 Å². The summed E-state index contributed by atoms with van der Waals surface area (Å²) in [4.78, 5) is 0. The fourth-order valence-corrected chi connectivity index (χ4v) is 6.74. The summed E-state index contributed by atoms with van der Waals surface area (Å²) in [5.41, 5.74) is 14.0. The second-order valence-electron chi connectivity index (χ2n) is 11.3. The third kappa shape index (κ3) is 5.33. The van der Waals surface area contributed by atoms with Crippen LogP contribution >= 0.6 is 0 Å². The van der Waals surface area contributed by atoms with Crippen molar-refractivity contribution < 1.29 is 0 Å². The molecule has 0 heteroatoms. The van der Waals surface area contributed by atoms with E-state index in [1.807, 2.05) is 13.8 Å². The molecular weight excluding hydrogens is 528 g/mol. The minimum absolute atomic E-state index is 1.06. The van der Waals surface area contributed by atoms with Crippen LogP contribution in [0.1, 0.15) is 50.8 Å². The predicted octanol–water partition coefficient (Wildman–Crippen LogP) is 13.0. The van der Waals surface area contributed by atoms with Gasteiger partial charge < -0.3 is 0 Å². The van der Waals surface area contributed by atoms with Crippen LogP contribution in [0.2, 0.25) is 0 Å². The Morgan fingerprint density at radius 2 is 1.27 bits per heavy atom. The van der Waals surface area contributed by atoms with Crippen LogP contribution in [0.15, 0.2) is 140 Å². The first-order valence-electron chi connectivity index (χ1n) is 15.9. The molecule has 0 unspecified atom stereocenters. The third-order valence-electron chi connectivity index (χ3n) is 8.65. The molecule has 44 heavy (non-hydrogen) atoms. The molecule has 0 N–H and O–H groups in total. The summed E-state index contributed by atoms with van der Waals surface area (Å²) in [7, 11) is 0. The lowest BCUT2D eigenvalue weighted by Crippen LogP contribution is -2.02. The molecule has 0 aromatic heterocycles. The number of fused-ring (bicyclic) bond motifs is 3. The average molecular weight is 569 g/mol. The number of allylic oxidation sites excluding steroid dienone is 4. The molecule has 0 atom stereocenters. The van der Waals surface area contributed by atoms with E-state index < -0.39 is 0 Å². The molecule has 7 rings (SSSR count). The highest BCUT2D eigenvalue weighted by molar-refractivity contribution is 6.10. The highest BCUT2D eigenvalue weighted by Gasteiger charge is 2.21. The fraction of sp³-hybridized carbons (Fsp3) is 0.136. The zero-order valence-electron chi connectivity index (χ0n) is 26.3. The second-order valence-corrected chi connectivity index (χ2v) is 11.3. The van der Waals surface area contributed by atoms with E-state index in [1.165, 1.54) is 77.2 Å². The molecule has 6 aromatic carbocycles. The lowest BCUT2D eigenvalue weighted by atomic mass is 9.80. The van der Waals surface area contributed by atoms with Gasteiger partial charge in [-0.25, -0.2) is 0 Å². The summed E-state index contributed by atoms with van der Waals surface area (Å²) < 4.78 is 0. The smallest absolute Gasteiger partial charge is 0.00295 e. The van der Waals surface area contributed by atoms with E-state index >= 15 is 0 Å². The van der Waals surface area contributed by atoms with Gasteiger partial charge in [-0.2, -0.15) is 0 Å². The van der Waals surface area contributed by atoms with Gasteiger partial charge in [0.15, 0.2) is 0 Å². The van der Waals surface area contributed by atoms with Crippen molar-refractivity contribution >= 4 is 33.2 Å². The molecule has 0 fully saturated rings. The van der Waals surface area contributed by atoms with Crippen LogP contribution in [0.5, 0.6) is 0 Å². The van der Waals surface area contributed by atoms with E-state index in [2.05, 4.69) is 154 Å². The lowest BCUT2D eigenvalue weighted by molar-refractivity contribution is 0.991. The standard InChI is InChI=1S/C42H34.C2H6/c1-4-36(28(2)3)33-16-12-15-31(25-33)32-23-21-29-22-24-34(27-35(29)26-32)42-39-19-10-8-17-37(39)41(30-13-6-5-7-14-30)38-18-9-11-20-40(38)42;1-2/h4-8,10-17,19-27H,2,9,18H2,1,3H3;1-2H3/b36-4+;. The lowest BCUT2D eigenvalue weighted by Gasteiger charge is -2.24. The zero-order valence-corrected chi connectivity index (χ0v) is 26.3. The van der Waals surface area contributed by atoms with Gasteiger partial charge in [-0.15, -0.1) is 0 Å². The first kappa shape index (κ1) is 29.1. The molecule has 6 aromatic rings. The number of benzene rings is 6. The maximum atomic E-state index is 4.19. The minimum Gasteiger partial charge on any atom is -0.0955 e. The summed E-state index contributed by atoms with van der Waals surface area (Å²) in [6, 6.07) is 42.5. The highest BCUT2D eigenvalue weighted by atomic mass is 14.2. The number of hydrogen-bond donors (Lipinski definition) is 0. The highest BCUT2D eigenvalue weighted by Crippen LogP contribution is 2.45. The van der Waals surface area contributed by atoms with E-state index in [0.29, 0.717) is 0 Å². The minimum atomic E-state index is 1.06. The fourth-order valence-electron chi connectivity index (χ4n) is 6.74. The van der Waals surface area contributed by atoms with Crippen molar-refractivity contribution in [3.05, 3.63) is 156 Å². The monoisotopic (exact) mass is 568 g/mol. The van der Waals surface area contributed by atoms with E-state index in [9.17, 15) is 0 Å². The Kier molecular flexibility index (Phi) is 8.44. The zero-order chi connectivity index (χ0) is 30.6. The van der Waals surface area contributed by atoms with Crippen LogP contribution in [0.4, 0.5) is 0 Å². The maximum absolute atomic E-state index is 4.19. The number of hydrogen-bond acceptors (Lipinski definition) is 0. The normalized spacial score (nSPS) is 12.5. The molecule has 0 saturated carbocycles. The Morgan fingerprint density at radius 3 is 2.00 bits per heavy atom. The van der Waals surface area contributed by atoms with Crippen molar-refractivity contribution in [1.82, 2.24) is 0 Å². The van der Waals surface area contributed by atoms with E-state index in [-0.39, 0.29) is 0 Å². The van der Waals surface area contributed by atoms with E-state index in [4.69, 9.17) is 0 Å². The molecule has 0 spiro atoms. The van der Waals surface area contributed by atoms with Gasteiger partial charge in [0.05, 0.1) is 0 Å². The van der Waals surface area contributed by atoms with Gasteiger partial charge in [-0.3, -0.25) is 0 Å². The molecule has 1 aliphatic carbocycles. The van der Waals surface area contributed by atoms with Crippen molar-refractivity contribution in [3.8, 4) is 33.4 Å². The first-order chi connectivity index (χ1) is 21.6. The Labute approximate surface area is 262 Å². The summed E-state index contributed by atoms with van der Waals surface area (Å²) >= 11 is 0. The van der Waals surface area contributed by atoms with Gasteiger partial charge in [0.1, 0.15) is 0 Å². The summed E-state index contributed by atoms with van der Waals surface area (Å²) in [6.45, 7) is 12.3. The molecule has 0 aliphatic heterocycles. The van der Waals surface area contributed by atoms with E-state index in [0.717, 1.165) is 18.4 Å². The summed E-state index contributed by atoms with van der Waals surface area (Å²) in [6.07, 6.45) is 8.98. The van der Waals surface area contributed by atoms with Crippen LogP contribution in [-0.4, -0.2) is 0 Å². The van der Waals surface area contributed by atoms with Gasteiger partial charge in [-0.05, 0) is 122 Å². The van der Waals surface area contributed by atoms with Crippen LogP contribution in [0.25, 0.3) is 66.6 Å². The van der Waals surface area contributed by atoms with Crippen LogP contribution in [0, 0.1) is 0 Å². The van der Waals surface area contributed by atoms with Gasteiger partial charge in [-0.1, -0.05) is 141 Å². The molecule has 0 nitrogen and oxygen atoms in total. The topological polar surface area (TPSA) is 0 Å². The SMILES string of the molecule is C=C(C)/C(=C\C)c1cccc(-c2ccc3ccc(-c4c5c(c(-c6ccccc6)c6ccccc46)CCC=C5)cc3c2)c1.CC. The Balaban J connectivity index is 0.00000168. The molecule has 0 bridgehead atoms. The predicted molar refractivity (Wildman–Crippen MR) is 195 cm³/mol. The van der Waals surface area contributed by atoms with Crippen LogP contribution < -0.4 is 0 Å². The second kappa shape index (κ2) is 12.7.